The summed E-state index contributed by atoms with van der Waals surface area (Å²) in [6.45, 7) is 6.49. The fraction of sp³-hybridized carbons (Fsp3) is 0.712. The summed E-state index contributed by atoms with van der Waals surface area (Å²) in [7, 11) is 0. The maximum Gasteiger partial charge on any atom is 0.226 e. The van der Waals surface area contributed by atoms with Crippen molar-refractivity contribution < 1.29 is 32.7 Å². The number of carbonyl (C=O) groups excluding carboxylic acids is 3. The summed E-state index contributed by atoms with van der Waals surface area (Å²) in [6.07, 6.45) is 17.0. The number of β-amino-alcohol motifs (C(OH)–C–C–N with tert-alkyl or cyclic N) is 1. The molecule has 86 heavy (non-hydrogen) atoms. The lowest BCUT2D eigenvalue weighted by atomic mass is 9.33. The Morgan fingerprint density at radius 3 is 1.48 bits per heavy atom. The van der Waals surface area contributed by atoms with Gasteiger partial charge in [-0.1, -0.05) is 92.7 Å². The number of benzene rings is 3. The van der Waals surface area contributed by atoms with Gasteiger partial charge in [-0.3, -0.25) is 27.6 Å². The van der Waals surface area contributed by atoms with Crippen LogP contribution in [0.2, 0.25) is 0 Å². The molecule has 12 bridgehead atoms. The van der Waals surface area contributed by atoms with Crippen LogP contribution < -0.4 is 32.3 Å². The molecule has 3 aromatic rings. The highest BCUT2D eigenvalue weighted by molar-refractivity contribution is 5.86. The molecule has 13 aliphatic carbocycles. The minimum atomic E-state index is -0.905. The normalized spacial score (nSPS) is 45.6. The van der Waals surface area contributed by atoms with Crippen LogP contribution in [0, 0.1) is 49.7 Å². The van der Waals surface area contributed by atoms with E-state index in [9.17, 15) is 9.90 Å². The zero-order valence-electron chi connectivity index (χ0n) is 51.5. The van der Waals surface area contributed by atoms with Crippen LogP contribution in [0.5, 0.6) is 0 Å². The van der Waals surface area contributed by atoms with E-state index in [1.165, 1.54) is 11.1 Å². The van der Waals surface area contributed by atoms with Crippen LogP contribution in [0.25, 0.3) is 0 Å². The molecule has 2 aliphatic heterocycles. The van der Waals surface area contributed by atoms with Gasteiger partial charge in [-0.15, -0.1) is 0 Å². The SMILES string of the molecule is CC1(C)CNCCC1NC(=O)C12CC3C[C@@](CF)(C1)C[C@](c1ccc(C45CC6(C(=O)N[C@@H]7CCNC[C@H]7O)C[C@](CF)(C4)C[C@@](c4ccc(C78CC9(C(=O)NC%10CCC(CN)CC%10)C[C@](CF)(C7)C[C@@](c7ccccc7)(C9)C8)cc4)(C6)C5)cc1)(C3)C2. The number of alkyl halides is 3. The number of hydrogen-bond donors (Lipinski definition) is 7. The fourth-order valence-electron chi connectivity index (χ4n) is 25.2. The Hall–Kier alpha value is -4.30. The van der Waals surface area contributed by atoms with E-state index in [2.05, 4.69) is 113 Å². The van der Waals surface area contributed by atoms with Crippen molar-refractivity contribution in [3.05, 3.63) is 107 Å². The zero-order chi connectivity index (χ0) is 59.4. The third-order valence-corrected chi connectivity index (χ3v) is 27.1. The molecule has 13 heteroatoms. The summed E-state index contributed by atoms with van der Waals surface area (Å²) >= 11 is 0. The molecule has 3 aromatic carbocycles. The van der Waals surface area contributed by atoms with Gasteiger partial charge in [0.2, 0.25) is 17.7 Å². The van der Waals surface area contributed by atoms with Gasteiger partial charge < -0.3 is 37.4 Å². The van der Waals surface area contributed by atoms with Crippen molar-refractivity contribution in [1.29, 1.82) is 0 Å². The summed E-state index contributed by atoms with van der Waals surface area (Å²) in [5.74, 6) is 0.892. The Morgan fingerprint density at radius 2 is 0.965 bits per heavy atom. The Labute approximate surface area is 508 Å². The molecule has 13 saturated carbocycles. The van der Waals surface area contributed by atoms with Gasteiger partial charge in [-0.05, 0) is 246 Å². The predicted octanol–water partition coefficient (Wildman–Crippen LogP) is 10.8. The van der Waals surface area contributed by atoms with Crippen molar-refractivity contribution in [2.24, 2.45) is 55.5 Å². The molecule has 0 radical (unpaired) electrons. The highest BCUT2D eigenvalue weighted by Gasteiger charge is 2.74. The largest absolute Gasteiger partial charge is 0.390 e. The van der Waals surface area contributed by atoms with Crippen LogP contribution in [0.3, 0.4) is 0 Å². The molecule has 10 nitrogen and oxygen atoms in total. The van der Waals surface area contributed by atoms with Crippen molar-refractivity contribution in [2.45, 2.75) is 219 Å². The first-order valence-electron chi connectivity index (χ1n) is 33.9. The molecule has 18 rings (SSSR count). The molecule has 464 valence electrons. The number of nitrogens with two attached hydrogens (primary N) is 1. The van der Waals surface area contributed by atoms with Gasteiger partial charge in [0, 0.05) is 41.4 Å². The van der Waals surface area contributed by atoms with Crippen LogP contribution >= 0.6 is 0 Å². The highest BCUT2D eigenvalue weighted by Crippen LogP contribution is 2.77. The van der Waals surface area contributed by atoms with Crippen molar-refractivity contribution >= 4 is 17.7 Å². The van der Waals surface area contributed by atoms with Crippen LogP contribution in [-0.4, -0.2) is 99.8 Å². The number of nitrogens with one attached hydrogen (secondary N) is 5. The van der Waals surface area contributed by atoms with Crippen molar-refractivity contribution in [2.75, 3.05) is 52.7 Å². The van der Waals surface area contributed by atoms with Crippen LogP contribution in [0.1, 0.15) is 196 Å². The molecule has 0 aromatic heterocycles. The van der Waals surface area contributed by atoms with E-state index in [1.807, 2.05) is 6.07 Å². The van der Waals surface area contributed by atoms with Crippen molar-refractivity contribution in [3.8, 4) is 0 Å². The number of rotatable bonds is 15. The van der Waals surface area contributed by atoms with Gasteiger partial charge in [0.15, 0.2) is 0 Å². The maximum absolute atomic E-state index is 16.8. The Morgan fingerprint density at radius 1 is 0.500 bits per heavy atom. The molecule has 8 N–H and O–H groups in total. The minimum Gasteiger partial charge on any atom is -0.390 e. The molecule has 3 amide bonds. The summed E-state index contributed by atoms with van der Waals surface area (Å²) in [5.41, 5.74) is 5.24. The second kappa shape index (κ2) is 20.1. The second-order valence-electron chi connectivity index (χ2n) is 33.8. The van der Waals surface area contributed by atoms with E-state index in [4.69, 9.17) is 5.73 Å². The lowest BCUT2D eigenvalue weighted by Gasteiger charge is -2.70. The highest BCUT2D eigenvalue weighted by atomic mass is 19.1. The number of amides is 3. The summed E-state index contributed by atoms with van der Waals surface area (Å²) in [6, 6.07) is 28.7. The van der Waals surface area contributed by atoms with E-state index in [0.29, 0.717) is 103 Å². The molecule has 0 spiro atoms. The van der Waals surface area contributed by atoms with Crippen molar-refractivity contribution in [1.82, 2.24) is 26.6 Å². The molecule has 15 atom stereocenters. The summed E-state index contributed by atoms with van der Waals surface area (Å²) in [5, 5.41) is 28.6. The van der Waals surface area contributed by atoms with E-state index in [0.717, 1.165) is 107 Å². The fourth-order valence-corrected chi connectivity index (χ4v) is 25.2. The molecule has 2 heterocycles. The zero-order valence-corrected chi connectivity index (χ0v) is 51.5. The Balaban J connectivity index is 0.787. The molecular weight excluding hydrogens is 1080 g/mol. The maximum atomic E-state index is 16.8. The first-order chi connectivity index (χ1) is 41.2. The van der Waals surface area contributed by atoms with Crippen LogP contribution in [-0.2, 0) is 41.5 Å². The molecule has 15 fully saturated rings. The van der Waals surface area contributed by atoms with Gasteiger partial charge >= 0.3 is 0 Å². The van der Waals surface area contributed by atoms with Gasteiger partial charge in [-0.25, -0.2) is 0 Å². The number of hydrogen-bond acceptors (Lipinski definition) is 7. The van der Waals surface area contributed by atoms with E-state index < -0.39 is 80.9 Å². The molecule has 7 unspecified atom stereocenters. The smallest absolute Gasteiger partial charge is 0.226 e. The van der Waals surface area contributed by atoms with Crippen molar-refractivity contribution in [3.63, 3.8) is 0 Å². The Kier molecular flexibility index (Phi) is 13.6. The predicted molar refractivity (Wildman–Crippen MR) is 328 cm³/mol. The first kappa shape index (κ1) is 58.1. The number of halogens is 3. The molecule has 2 saturated heterocycles. The quantitative estimate of drug-likeness (QED) is 0.0798. The second-order valence-corrected chi connectivity index (χ2v) is 33.8. The standard InChI is InChI=1S/C73H97F3N6O4/c1-62(2)47-79-23-21-58(62)82-59(84)67-26-49-24-63(30-67,44-74)29-66(25-49,37-67)51-10-12-52(13-11-51)70-33-65(46-76)34-71(39-70,43-73(36-65,42-70)61(86)81-56-20-22-78-28-57(56)83)54-16-14-53(15-17-54)69-32-64(45-75)31-68(38-69,50-6-4-3-5-7-50)40-72(35-64,41-69)60(85)80-55-18-8-48(27-77)9-19-55/h3-7,10-17,48-49,55-58,78-79,83H,8-9,18-47,77H2,1-2H3,(H,80,85)(H,81,86)(H,82,84)/t48?,49?,55?,56-,57-,58?,63+,64-,65+,66-,67?,68+,69?,70?,71+,72?,73?/m1/s1. The van der Waals surface area contributed by atoms with E-state index >= 15 is 22.8 Å². The van der Waals surface area contributed by atoms with Crippen LogP contribution in [0.4, 0.5) is 13.2 Å². The Bertz CT molecular complexity index is 3140. The van der Waals surface area contributed by atoms with Gasteiger partial charge in [-0.2, -0.15) is 0 Å². The van der Waals surface area contributed by atoms with E-state index in [1.54, 1.807) is 0 Å². The number of aliphatic hydroxyl groups is 1. The number of piperidine rings is 2. The number of carbonyl (C=O) groups is 3. The monoisotopic (exact) mass is 1180 g/mol. The lowest BCUT2D eigenvalue weighted by Crippen LogP contribution is -2.69. The average Bonchev–Trinajstić information content (AvgIpc) is 0.688. The first-order valence-corrected chi connectivity index (χ1v) is 33.9. The minimum absolute atomic E-state index is 0.0539. The van der Waals surface area contributed by atoms with Crippen LogP contribution in [0.15, 0.2) is 78.9 Å². The molecule has 15 aliphatic rings. The van der Waals surface area contributed by atoms with Gasteiger partial charge in [0.25, 0.3) is 0 Å². The topological polar surface area (TPSA) is 158 Å². The van der Waals surface area contributed by atoms with Gasteiger partial charge in [0.05, 0.1) is 48.4 Å². The third kappa shape index (κ3) is 8.96. The summed E-state index contributed by atoms with van der Waals surface area (Å²) in [4.78, 5) is 45.8. The number of aliphatic hydroxyl groups excluding tert-OH is 1. The third-order valence-electron chi connectivity index (χ3n) is 27.1. The summed E-state index contributed by atoms with van der Waals surface area (Å²) < 4.78 is 49.0. The lowest BCUT2D eigenvalue weighted by molar-refractivity contribution is -0.173. The molecular formula is C73H97F3N6O4. The average molecular weight is 1180 g/mol. The van der Waals surface area contributed by atoms with E-state index in [-0.39, 0.29) is 52.0 Å². The van der Waals surface area contributed by atoms with Gasteiger partial charge in [0.1, 0.15) is 0 Å².